The second-order valence-corrected chi connectivity index (χ2v) is 7.42. The molecule has 0 atom stereocenters. The van der Waals surface area contributed by atoms with E-state index in [0.717, 1.165) is 29.9 Å². The Morgan fingerprint density at radius 2 is 2.21 bits per heavy atom. The average molecular weight is 326 g/mol. The van der Waals surface area contributed by atoms with E-state index < -0.39 is 0 Å². The van der Waals surface area contributed by atoms with Gasteiger partial charge in [0.15, 0.2) is 0 Å². The SMILES string of the molecule is CC(C)NCc1cc(Br)cnc1N1CCC(C)(C)C1. The summed E-state index contributed by atoms with van der Waals surface area (Å²) in [5, 5.41) is 3.49. The molecular formula is C15H24BrN3. The van der Waals surface area contributed by atoms with Crippen molar-refractivity contribution < 1.29 is 0 Å². The van der Waals surface area contributed by atoms with Crippen molar-refractivity contribution in [1.29, 1.82) is 0 Å². The van der Waals surface area contributed by atoms with E-state index in [2.05, 4.69) is 64.9 Å². The molecule has 3 nitrogen and oxygen atoms in total. The van der Waals surface area contributed by atoms with Crippen molar-refractivity contribution in [2.24, 2.45) is 5.41 Å². The van der Waals surface area contributed by atoms with Crippen LogP contribution >= 0.6 is 15.9 Å². The molecule has 2 rings (SSSR count). The molecule has 0 saturated carbocycles. The number of hydrogen-bond donors (Lipinski definition) is 1. The van der Waals surface area contributed by atoms with Gasteiger partial charge in [-0.3, -0.25) is 0 Å². The fourth-order valence-corrected chi connectivity index (χ4v) is 2.87. The Balaban J connectivity index is 2.19. The highest BCUT2D eigenvalue weighted by Crippen LogP contribution is 2.33. The maximum Gasteiger partial charge on any atom is 0.133 e. The van der Waals surface area contributed by atoms with E-state index in [0.29, 0.717) is 11.5 Å². The van der Waals surface area contributed by atoms with Gasteiger partial charge in [0.1, 0.15) is 5.82 Å². The number of hydrogen-bond acceptors (Lipinski definition) is 3. The Bertz CT molecular complexity index is 443. The Labute approximate surface area is 124 Å². The summed E-state index contributed by atoms with van der Waals surface area (Å²) in [6.45, 7) is 12.1. The molecule has 0 aromatic carbocycles. The lowest BCUT2D eigenvalue weighted by atomic mass is 9.93. The van der Waals surface area contributed by atoms with Gasteiger partial charge >= 0.3 is 0 Å². The van der Waals surface area contributed by atoms with Crippen molar-refractivity contribution in [3.63, 3.8) is 0 Å². The van der Waals surface area contributed by atoms with Crippen molar-refractivity contribution in [3.8, 4) is 0 Å². The minimum Gasteiger partial charge on any atom is -0.356 e. The Morgan fingerprint density at radius 3 is 2.79 bits per heavy atom. The number of rotatable bonds is 4. The van der Waals surface area contributed by atoms with Gasteiger partial charge in [0.25, 0.3) is 0 Å². The summed E-state index contributed by atoms with van der Waals surface area (Å²) in [5.74, 6) is 1.14. The summed E-state index contributed by atoms with van der Waals surface area (Å²) in [5.41, 5.74) is 1.68. The third-order valence-electron chi connectivity index (χ3n) is 3.59. The van der Waals surface area contributed by atoms with Gasteiger partial charge in [-0.25, -0.2) is 4.98 Å². The highest BCUT2D eigenvalue weighted by atomic mass is 79.9. The molecule has 106 valence electrons. The first-order valence-corrected chi connectivity index (χ1v) is 7.79. The number of pyridine rings is 1. The van der Waals surface area contributed by atoms with Gasteiger partial charge in [-0.15, -0.1) is 0 Å². The van der Waals surface area contributed by atoms with Crippen LogP contribution in [0, 0.1) is 5.41 Å². The normalized spacial score (nSPS) is 18.3. The second-order valence-electron chi connectivity index (χ2n) is 6.51. The molecule has 0 amide bonds. The first-order chi connectivity index (χ1) is 8.87. The van der Waals surface area contributed by atoms with Crippen LogP contribution in [0.25, 0.3) is 0 Å². The van der Waals surface area contributed by atoms with Crippen molar-refractivity contribution in [2.45, 2.75) is 46.7 Å². The number of nitrogens with one attached hydrogen (secondary N) is 1. The lowest BCUT2D eigenvalue weighted by Crippen LogP contribution is -2.27. The zero-order valence-corrected chi connectivity index (χ0v) is 13.9. The molecule has 1 aliphatic rings. The minimum absolute atomic E-state index is 0.400. The van der Waals surface area contributed by atoms with E-state index in [1.54, 1.807) is 0 Å². The molecule has 2 heterocycles. The van der Waals surface area contributed by atoms with Gasteiger partial charge in [-0.05, 0) is 33.8 Å². The maximum atomic E-state index is 4.64. The molecule has 19 heavy (non-hydrogen) atoms. The summed E-state index contributed by atoms with van der Waals surface area (Å²) in [7, 11) is 0. The molecule has 1 fully saturated rings. The van der Waals surface area contributed by atoms with Gasteiger partial charge < -0.3 is 10.2 Å². The zero-order valence-electron chi connectivity index (χ0n) is 12.3. The Hall–Kier alpha value is -0.610. The van der Waals surface area contributed by atoms with Crippen molar-refractivity contribution in [1.82, 2.24) is 10.3 Å². The van der Waals surface area contributed by atoms with E-state index in [4.69, 9.17) is 0 Å². The molecule has 1 aliphatic heterocycles. The molecule has 1 saturated heterocycles. The third-order valence-corrected chi connectivity index (χ3v) is 4.02. The Morgan fingerprint density at radius 1 is 1.47 bits per heavy atom. The topological polar surface area (TPSA) is 28.2 Å². The van der Waals surface area contributed by atoms with Crippen LogP contribution in [0.5, 0.6) is 0 Å². The van der Waals surface area contributed by atoms with Crippen LogP contribution in [0.1, 0.15) is 39.7 Å². The van der Waals surface area contributed by atoms with Crippen LogP contribution in [0.3, 0.4) is 0 Å². The van der Waals surface area contributed by atoms with Crippen LogP contribution in [0.15, 0.2) is 16.7 Å². The molecule has 1 N–H and O–H groups in total. The average Bonchev–Trinajstić information content (AvgIpc) is 2.67. The molecule has 0 aliphatic carbocycles. The van der Waals surface area contributed by atoms with Crippen LogP contribution in [0.2, 0.25) is 0 Å². The molecule has 0 spiro atoms. The summed E-state index contributed by atoms with van der Waals surface area (Å²) >= 11 is 3.53. The smallest absolute Gasteiger partial charge is 0.133 e. The van der Waals surface area contributed by atoms with E-state index in [-0.39, 0.29) is 0 Å². The van der Waals surface area contributed by atoms with Gasteiger partial charge in [-0.1, -0.05) is 27.7 Å². The zero-order chi connectivity index (χ0) is 14.0. The predicted molar refractivity (Wildman–Crippen MR) is 84.5 cm³/mol. The monoisotopic (exact) mass is 325 g/mol. The van der Waals surface area contributed by atoms with Crippen molar-refractivity contribution in [3.05, 3.63) is 22.3 Å². The van der Waals surface area contributed by atoms with E-state index in [1.165, 1.54) is 12.0 Å². The number of anilines is 1. The first-order valence-electron chi connectivity index (χ1n) is 7.00. The largest absolute Gasteiger partial charge is 0.356 e. The molecule has 1 aromatic rings. The third kappa shape index (κ3) is 3.93. The summed E-state index contributed by atoms with van der Waals surface area (Å²) in [4.78, 5) is 7.06. The van der Waals surface area contributed by atoms with E-state index >= 15 is 0 Å². The molecule has 0 unspecified atom stereocenters. The van der Waals surface area contributed by atoms with Gasteiger partial charge in [-0.2, -0.15) is 0 Å². The highest BCUT2D eigenvalue weighted by molar-refractivity contribution is 9.10. The maximum absolute atomic E-state index is 4.64. The fraction of sp³-hybridized carbons (Fsp3) is 0.667. The minimum atomic E-state index is 0.400. The number of aromatic nitrogens is 1. The molecule has 0 bridgehead atoms. The second kappa shape index (κ2) is 5.80. The van der Waals surface area contributed by atoms with Crippen molar-refractivity contribution in [2.75, 3.05) is 18.0 Å². The highest BCUT2D eigenvalue weighted by Gasteiger charge is 2.30. The predicted octanol–water partition coefficient (Wildman–Crippen LogP) is 3.58. The van der Waals surface area contributed by atoms with Crippen molar-refractivity contribution >= 4 is 21.7 Å². The molecular weight excluding hydrogens is 302 g/mol. The number of nitrogens with zero attached hydrogens (tertiary/aromatic N) is 2. The summed E-state index contributed by atoms with van der Waals surface area (Å²) < 4.78 is 1.05. The lowest BCUT2D eigenvalue weighted by molar-refractivity contribution is 0.418. The standard InChI is InChI=1S/C15H24BrN3/c1-11(2)17-8-12-7-13(16)9-18-14(12)19-6-5-15(3,4)10-19/h7,9,11,17H,5-6,8,10H2,1-4H3. The lowest BCUT2D eigenvalue weighted by Gasteiger charge is -2.23. The molecule has 0 radical (unpaired) electrons. The van der Waals surface area contributed by atoms with E-state index in [1.807, 2.05) is 6.20 Å². The van der Waals surface area contributed by atoms with Gasteiger partial charge in [0.05, 0.1) is 0 Å². The molecule has 1 aromatic heterocycles. The van der Waals surface area contributed by atoms with Crippen LogP contribution < -0.4 is 10.2 Å². The quantitative estimate of drug-likeness (QED) is 0.917. The van der Waals surface area contributed by atoms with Crippen LogP contribution in [-0.2, 0) is 6.54 Å². The fourth-order valence-electron chi connectivity index (χ4n) is 2.50. The Kier molecular flexibility index (Phi) is 4.51. The summed E-state index contributed by atoms with van der Waals surface area (Å²) in [6.07, 6.45) is 3.14. The summed E-state index contributed by atoms with van der Waals surface area (Å²) in [6, 6.07) is 2.67. The molecule has 4 heteroatoms. The van der Waals surface area contributed by atoms with Crippen LogP contribution in [-0.4, -0.2) is 24.1 Å². The first kappa shape index (κ1) is 14.8. The van der Waals surface area contributed by atoms with Gasteiger partial charge in [0.2, 0.25) is 0 Å². The van der Waals surface area contributed by atoms with Gasteiger partial charge in [0, 0.05) is 41.9 Å². The van der Waals surface area contributed by atoms with Crippen LogP contribution in [0.4, 0.5) is 5.82 Å². The van der Waals surface area contributed by atoms with E-state index in [9.17, 15) is 0 Å². The number of halogens is 1.